The van der Waals surface area contributed by atoms with Gasteiger partial charge in [-0.1, -0.05) is 24.3 Å². The monoisotopic (exact) mass is 328 g/mol. The minimum Gasteiger partial charge on any atom is -0.497 e. The minimum absolute atomic E-state index is 0.261. The van der Waals surface area contributed by atoms with Gasteiger partial charge < -0.3 is 15.8 Å². The summed E-state index contributed by atoms with van der Waals surface area (Å²) < 4.78 is 5.07. The number of hydrogen-bond donors (Lipinski definition) is 3. The summed E-state index contributed by atoms with van der Waals surface area (Å²) in [6.45, 7) is 0.0711. The Bertz CT molecular complexity index is 716. The first-order valence-electron chi connectivity index (χ1n) is 7.32. The highest BCUT2D eigenvalue weighted by Gasteiger charge is 2.17. The number of methoxy groups -OCH3 is 1. The fraction of sp³-hybridized carbons (Fsp3) is 0.176. The van der Waals surface area contributed by atoms with Gasteiger partial charge in [0, 0.05) is 12.2 Å². The number of benzene rings is 2. The van der Waals surface area contributed by atoms with Crippen LogP contribution in [0.3, 0.4) is 0 Å². The van der Waals surface area contributed by atoms with E-state index in [0.717, 1.165) is 16.3 Å². The molecule has 0 saturated carbocycles. The van der Waals surface area contributed by atoms with Crippen LogP contribution in [0.15, 0.2) is 48.5 Å². The van der Waals surface area contributed by atoms with Crippen LogP contribution < -0.4 is 21.6 Å². The summed E-state index contributed by atoms with van der Waals surface area (Å²) in [5.74, 6) is 5.55. The molecule has 0 heterocycles. The van der Waals surface area contributed by atoms with Gasteiger partial charge in [-0.3, -0.25) is 14.6 Å². The molecule has 0 atom stereocenters. The summed E-state index contributed by atoms with van der Waals surface area (Å²) in [6, 6.07) is 13.9. The molecule has 0 aliphatic rings. The molecule has 2 aromatic carbocycles. The van der Waals surface area contributed by atoms with E-state index in [1.54, 1.807) is 43.5 Å². The minimum atomic E-state index is -0.507. The van der Waals surface area contributed by atoms with E-state index in [0.29, 0.717) is 12.2 Å². The number of ether oxygens (including phenoxy) is 1. The fourth-order valence-electron chi connectivity index (χ4n) is 2.07. The van der Waals surface area contributed by atoms with E-state index in [4.69, 9.17) is 16.3 Å². The van der Waals surface area contributed by atoms with Crippen molar-refractivity contribution in [3.8, 4) is 5.75 Å². The Kier molecular flexibility index (Phi) is 5.75. The van der Waals surface area contributed by atoms with Gasteiger partial charge >= 0.3 is 0 Å². The predicted molar refractivity (Wildman–Crippen MR) is 90.9 cm³/mol. The molecule has 7 heteroatoms. The molecule has 7 nitrogen and oxygen atoms in total. The number of carbonyl (C=O) groups excluding carboxylic acids is 2. The van der Waals surface area contributed by atoms with Gasteiger partial charge in [-0.15, -0.1) is 0 Å². The molecular formula is C17H20N4O3. The highest BCUT2D eigenvalue weighted by atomic mass is 16.5. The molecule has 0 aliphatic carbocycles. The van der Waals surface area contributed by atoms with Crippen molar-refractivity contribution in [2.75, 3.05) is 19.4 Å². The quantitative estimate of drug-likeness (QED) is 0.316. The molecular weight excluding hydrogens is 308 g/mol. The zero-order valence-corrected chi connectivity index (χ0v) is 13.4. The average Bonchev–Trinajstić information content (AvgIpc) is 2.60. The summed E-state index contributed by atoms with van der Waals surface area (Å²) in [7, 11) is 1.59. The topological polar surface area (TPSA) is 111 Å². The lowest BCUT2D eigenvalue weighted by Crippen LogP contribution is -2.44. The third-order valence-electron chi connectivity index (χ3n) is 3.41. The lowest BCUT2D eigenvalue weighted by Gasteiger charge is -2.17. The van der Waals surface area contributed by atoms with Crippen molar-refractivity contribution in [3.63, 3.8) is 0 Å². The van der Waals surface area contributed by atoms with Crippen LogP contribution in [0.4, 0.5) is 5.69 Å². The number of anilines is 1. The van der Waals surface area contributed by atoms with Crippen LogP contribution in [0.2, 0.25) is 0 Å². The van der Waals surface area contributed by atoms with E-state index in [9.17, 15) is 9.59 Å². The highest BCUT2D eigenvalue weighted by molar-refractivity contribution is 6.00. The smallest absolute Gasteiger partial charge is 0.270 e. The lowest BCUT2D eigenvalue weighted by atomic mass is 10.1. The van der Waals surface area contributed by atoms with Gasteiger partial charge in [-0.05, 0) is 29.8 Å². The van der Waals surface area contributed by atoms with Gasteiger partial charge in [0.1, 0.15) is 12.3 Å². The molecule has 0 spiro atoms. The van der Waals surface area contributed by atoms with Crippen LogP contribution in [0.5, 0.6) is 5.75 Å². The second kappa shape index (κ2) is 7.98. The van der Waals surface area contributed by atoms with Crippen molar-refractivity contribution >= 4 is 17.5 Å². The van der Waals surface area contributed by atoms with Crippen LogP contribution >= 0.6 is 0 Å². The number of nitrogen functional groups attached to an aromatic ring is 1. The van der Waals surface area contributed by atoms with Crippen molar-refractivity contribution in [1.29, 1.82) is 0 Å². The number of para-hydroxylation sites is 1. The first kappa shape index (κ1) is 17.3. The fourth-order valence-corrected chi connectivity index (χ4v) is 2.07. The summed E-state index contributed by atoms with van der Waals surface area (Å²) in [4.78, 5) is 24.1. The number of nitrogens with one attached hydrogen (secondary N) is 1. The standard InChI is InChI=1S/C17H20N4O3/c1-24-13-8-6-12(7-9-13)10-20-16(22)11-21(19)17(23)14-4-2-3-5-15(14)18/h2-9H,10-11,18-19H2,1H3,(H,20,22). The molecule has 0 unspecified atom stereocenters. The number of rotatable bonds is 6. The molecule has 0 saturated heterocycles. The van der Waals surface area contributed by atoms with E-state index < -0.39 is 5.91 Å². The molecule has 2 rings (SSSR count). The van der Waals surface area contributed by atoms with Crippen LogP contribution in [0.1, 0.15) is 15.9 Å². The molecule has 0 aromatic heterocycles. The Labute approximate surface area is 140 Å². The molecule has 0 radical (unpaired) electrons. The molecule has 0 bridgehead atoms. The first-order chi connectivity index (χ1) is 11.5. The normalized spacial score (nSPS) is 10.1. The summed E-state index contributed by atoms with van der Waals surface area (Å²) >= 11 is 0. The van der Waals surface area contributed by atoms with Gasteiger partial charge in [0.05, 0.1) is 12.7 Å². The summed E-state index contributed by atoms with van der Waals surface area (Å²) in [5, 5.41) is 3.55. The van der Waals surface area contributed by atoms with E-state index in [-0.39, 0.29) is 18.0 Å². The van der Waals surface area contributed by atoms with Crippen molar-refractivity contribution in [1.82, 2.24) is 10.3 Å². The molecule has 2 amide bonds. The maximum absolute atomic E-state index is 12.2. The second-order valence-corrected chi connectivity index (χ2v) is 5.15. The summed E-state index contributed by atoms with van der Waals surface area (Å²) in [5.41, 5.74) is 7.23. The number of hydrogen-bond acceptors (Lipinski definition) is 5. The number of hydrazine groups is 1. The Morgan fingerprint density at radius 1 is 1.12 bits per heavy atom. The third kappa shape index (κ3) is 4.47. The van der Waals surface area contributed by atoms with Gasteiger partial charge in [-0.25, -0.2) is 5.84 Å². The largest absolute Gasteiger partial charge is 0.497 e. The zero-order chi connectivity index (χ0) is 17.5. The highest BCUT2D eigenvalue weighted by Crippen LogP contribution is 2.12. The van der Waals surface area contributed by atoms with Gasteiger partial charge in [-0.2, -0.15) is 0 Å². The number of nitrogens with two attached hydrogens (primary N) is 2. The first-order valence-corrected chi connectivity index (χ1v) is 7.32. The Morgan fingerprint density at radius 2 is 1.79 bits per heavy atom. The second-order valence-electron chi connectivity index (χ2n) is 5.15. The zero-order valence-electron chi connectivity index (χ0n) is 13.4. The van der Waals surface area contributed by atoms with E-state index in [1.165, 1.54) is 0 Å². The van der Waals surface area contributed by atoms with Gasteiger partial charge in [0.2, 0.25) is 5.91 Å². The molecule has 2 aromatic rings. The van der Waals surface area contributed by atoms with Gasteiger partial charge in [0.25, 0.3) is 5.91 Å². The number of nitrogens with zero attached hydrogens (tertiary/aromatic N) is 1. The average molecular weight is 328 g/mol. The van der Waals surface area contributed by atoms with Gasteiger partial charge in [0.15, 0.2) is 0 Å². The molecule has 5 N–H and O–H groups in total. The van der Waals surface area contributed by atoms with Crippen molar-refractivity contribution in [3.05, 3.63) is 59.7 Å². The van der Waals surface area contributed by atoms with Crippen LogP contribution in [-0.2, 0) is 11.3 Å². The third-order valence-corrected chi connectivity index (χ3v) is 3.41. The van der Waals surface area contributed by atoms with E-state index in [1.807, 2.05) is 12.1 Å². The summed E-state index contributed by atoms with van der Waals surface area (Å²) in [6.07, 6.45) is 0. The molecule has 126 valence electrons. The Morgan fingerprint density at radius 3 is 2.42 bits per heavy atom. The maximum atomic E-state index is 12.2. The Balaban J connectivity index is 1.87. The van der Waals surface area contributed by atoms with Crippen LogP contribution in [0.25, 0.3) is 0 Å². The van der Waals surface area contributed by atoms with Crippen LogP contribution in [0, 0.1) is 0 Å². The molecule has 0 aliphatic heterocycles. The SMILES string of the molecule is COc1ccc(CNC(=O)CN(N)C(=O)c2ccccc2N)cc1. The van der Waals surface area contributed by atoms with E-state index in [2.05, 4.69) is 5.32 Å². The molecule has 24 heavy (non-hydrogen) atoms. The van der Waals surface area contributed by atoms with Crippen molar-refractivity contribution in [2.24, 2.45) is 5.84 Å². The maximum Gasteiger partial charge on any atom is 0.270 e. The van der Waals surface area contributed by atoms with Crippen molar-refractivity contribution < 1.29 is 14.3 Å². The Hall–Kier alpha value is -3.06. The lowest BCUT2D eigenvalue weighted by molar-refractivity contribution is -0.122. The molecule has 0 fully saturated rings. The predicted octanol–water partition coefficient (Wildman–Crippen LogP) is 0.910. The number of carbonyl (C=O) groups is 2. The number of amides is 2. The van der Waals surface area contributed by atoms with E-state index >= 15 is 0 Å². The van der Waals surface area contributed by atoms with Crippen LogP contribution in [-0.4, -0.2) is 30.5 Å². The van der Waals surface area contributed by atoms with Crippen molar-refractivity contribution in [2.45, 2.75) is 6.54 Å².